The fraction of sp³-hybridized carbons (Fsp3) is 0.292. The van der Waals surface area contributed by atoms with E-state index in [1.165, 1.54) is 11.1 Å². The largest absolute Gasteiger partial charge is 0.212 e. The molecule has 1 aromatic heterocycles. The smallest absolute Gasteiger partial charge is 0.201 e. The number of pyridine rings is 1. The monoisotopic (exact) mass is 333 g/mol. The van der Waals surface area contributed by atoms with Crippen molar-refractivity contribution < 1.29 is 8.68 Å². The van der Waals surface area contributed by atoms with Crippen LogP contribution in [0, 0.1) is 20.7 Å². The molecular weight excluding hydrogens is 302 g/mol. The van der Waals surface area contributed by atoms with Crippen LogP contribution < -0.4 is 4.57 Å². The van der Waals surface area contributed by atoms with Crippen LogP contribution in [0.4, 0.5) is 0 Å². The maximum absolute atomic E-state index is 8.02. The highest BCUT2D eigenvalue weighted by Crippen LogP contribution is 2.32. The fourth-order valence-electron chi connectivity index (χ4n) is 3.53. The Bertz CT molecular complexity index is 1000. The van der Waals surface area contributed by atoms with Crippen LogP contribution in [-0.2, 0) is 7.05 Å². The van der Waals surface area contributed by atoms with Gasteiger partial charge in [0, 0.05) is 21.3 Å². The molecule has 3 aromatic rings. The summed E-state index contributed by atoms with van der Waals surface area (Å²) >= 11 is 0. The molecule has 0 spiro atoms. The van der Waals surface area contributed by atoms with E-state index in [2.05, 4.69) is 37.6 Å². The number of benzene rings is 2. The van der Waals surface area contributed by atoms with Gasteiger partial charge < -0.3 is 0 Å². The van der Waals surface area contributed by atoms with Gasteiger partial charge in [0.05, 0.1) is 0 Å². The second-order valence-electron chi connectivity index (χ2n) is 7.14. The Morgan fingerprint density at radius 1 is 0.880 bits per heavy atom. The van der Waals surface area contributed by atoms with Gasteiger partial charge in [0.25, 0.3) is 0 Å². The number of rotatable bonds is 3. The van der Waals surface area contributed by atoms with E-state index in [9.17, 15) is 0 Å². The fourth-order valence-corrected chi connectivity index (χ4v) is 3.53. The zero-order valence-electron chi connectivity index (χ0n) is 18.7. The average molecular weight is 334 g/mol. The van der Waals surface area contributed by atoms with Gasteiger partial charge in [-0.2, -0.15) is 0 Å². The van der Waals surface area contributed by atoms with Crippen LogP contribution in [0.5, 0.6) is 0 Å². The maximum Gasteiger partial charge on any atom is 0.212 e. The lowest BCUT2D eigenvalue weighted by atomic mass is 9.91. The van der Waals surface area contributed by atoms with Gasteiger partial charge in [-0.1, -0.05) is 50.2 Å². The molecule has 0 amide bonds. The number of aromatic nitrogens is 1. The summed E-state index contributed by atoms with van der Waals surface area (Å²) in [5.41, 5.74) is 7.81. The minimum atomic E-state index is -2.16. The van der Waals surface area contributed by atoms with Crippen molar-refractivity contribution in [3.8, 4) is 22.4 Å². The first-order valence-electron chi connectivity index (χ1n) is 10.3. The van der Waals surface area contributed by atoms with E-state index < -0.39 is 6.85 Å². The number of hydrogen-bond donors (Lipinski definition) is 0. The molecule has 0 N–H and O–H groups in total. The van der Waals surface area contributed by atoms with Gasteiger partial charge in [0.1, 0.15) is 7.05 Å². The molecular formula is C24H28N+. The van der Waals surface area contributed by atoms with Gasteiger partial charge in [-0.25, -0.2) is 4.57 Å². The van der Waals surface area contributed by atoms with Crippen molar-refractivity contribution in [2.24, 2.45) is 7.05 Å². The zero-order valence-corrected chi connectivity index (χ0v) is 15.7. The van der Waals surface area contributed by atoms with Crippen molar-refractivity contribution >= 4 is 0 Å². The van der Waals surface area contributed by atoms with Gasteiger partial charge in [-0.15, -0.1) is 0 Å². The summed E-state index contributed by atoms with van der Waals surface area (Å²) in [7, 11) is 2.05. The van der Waals surface area contributed by atoms with Gasteiger partial charge in [-0.3, -0.25) is 0 Å². The molecule has 0 fully saturated rings. The van der Waals surface area contributed by atoms with E-state index in [0.29, 0.717) is 11.5 Å². The van der Waals surface area contributed by atoms with Crippen molar-refractivity contribution in [3.05, 3.63) is 77.0 Å². The van der Waals surface area contributed by atoms with Gasteiger partial charge >= 0.3 is 0 Å². The summed E-state index contributed by atoms with van der Waals surface area (Å²) in [6.45, 7) is 6.37. The lowest BCUT2D eigenvalue weighted by Gasteiger charge is -2.14. The number of hydrogen-bond acceptors (Lipinski definition) is 0. The topological polar surface area (TPSA) is 3.88 Å². The predicted octanol–water partition coefficient (Wildman–Crippen LogP) is 5.89. The van der Waals surface area contributed by atoms with Crippen molar-refractivity contribution in [1.29, 1.82) is 0 Å². The molecule has 0 aliphatic rings. The Kier molecular flexibility index (Phi) is 3.78. The minimum Gasteiger partial charge on any atom is -0.201 e. The SMILES string of the molecule is [2H]C([2H])([2H])c1cc(C)c(-c2cc(C(C)C)c(C)c[n+]2C)cc1-c1ccccc1. The quantitative estimate of drug-likeness (QED) is 0.526. The van der Waals surface area contributed by atoms with E-state index in [-0.39, 0.29) is 0 Å². The standard InChI is InChI=1S/C24H28N/c1-16(2)21-14-24(25(6)15-19(21)5)23-13-22(17(3)12-18(23)4)20-10-8-7-9-11-20/h7-16H,1-6H3/q+1/i3D3. The molecule has 0 radical (unpaired) electrons. The lowest BCUT2D eigenvalue weighted by molar-refractivity contribution is -0.660. The minimum absolute atomic E-state index is 0.402. The van der Waals surface area contributed by atoms with Gasteiger partial charge in [0.2, 0.25) is 5.69 Å². The molecule has 0 atom stereocenters. The molecule has 0 saturated heterocycles. The van der Waals surface area contributed by atoms with E-state index in [1.54, 1.807) is 0 Å². The van der Waals surface area contributed by atoms with Crippen LogP contribution in [0.1, 0.15) is 46.1 Å². The molecule has 0 aliphatic heterocycles. The molecule has 0 bridgehead atoms. The van der Waals surface area contributed by atoms with Crippen molar-refractivity contribution in [2.75, 3.05) is 0 Å². The molecule has 1 nitrogen and oxygen atoms in total. The summed E-state index contributed by atoms with van der Waals surface area (Å²) in [5.74, 6) is 0.426. The molecule has 3 rings (SSSR count). The van der Waals surface area contributed by atoms with Gasteiger partial charge in [-0.05, 0) is 60.5 Å². The molecule has 1 heterocycles. The van der Waals surface area contributed by atoms with Crippen LogP contribution in [0.15, 0.2) is 54.7 Å². The van der Waals surface area contributed by atoms with Crippen LogP contribution in [0.3, 0.4) is 0 Å². The first kappa shape index (κ1) is 13.8. The Morgan fingerprint density at radius 2 is 1.60 bits per heavy atom. The summed E-state index contributed by atoms with van der Waals surface area (Å²) in [6.07, 6.45) is 2.16. The second kappa shape index (κ2) is 6.84. The third-order valence-electron chi connectivity index (χ3n) is 4.86. The van der Waals surface area contributed by atoms with Crippen molar-refractivity contribution in [3.63, 3.8) is 0 Å². The predicted molar refractivity (Wildman–Crippen MR) is 107 cm³/mol. The average Bonchev–Trinajstić information content (AvgIpc) is 2.61. The van der Waals surface area contributed by atoms with Crippen molar-refractivity contribution in [1.82, 2.24) is 0 Å². The Labute approximate surface area is 156 Å². The highest BCUT2D eigenvalue weighted by atomic mass is 14.9. The Balaban J connectivity index is 2.31. The number of aryl methyl sites for hydroxylation is 4. The van der Waals surface area contributed by atoms with E-state index in [4.69, 9.17) is 4.11 Å². The summed E-state index contributed by atoms with van der Waals surface area (Å²) in [4.78, 5) is 0. The van der Waals surface area contributed by atoms with Crippen LogP contribution in [0.2, 0.25) is 0 Å². The lowest BCUT2D eigenvalue weighted by Crippen LogP contribution is -2.32. The third kappa shape index (κ3) is 3.37. The molecule has 0 unspecified atom stereocenters. The van der Waals surface area contributed by atoms with Crippen LogP contribution >= 0.6 is 0 Å². The van der Waals surface area contributed by atoms with E-state index in [1.807, 2.05) is 56.4 Å². The highest BCUT2D eigenvalue weighted by Gasteiger charge is 2.18. The van der Waals surface area contributed by atoms with Crippen LogP contribution in [0.25, 0.3) is 22.4 Å². The molecule has 128 valence electrons. The summed E-state index contributed by atoms with van der Waals surface area (Å²) in [5, 5.41) is 0. The Morgan fingerprint density at radius 3 is 2.24 bits per heavy atom. The molecule has 2 aromatic carbocycles. The molecule has 0 saturated carbocycles. The molecule has 1 heteroatoms. The normalized spacial score (nSPS) is 13.4. The zero-order chi connectivity index (χ0) is 20.6. The molecule has 0 aliphatic carbocycles. The van der Waals surface area contributed by atoms with E-state index in [0.717, 1.165) is 27.9 Å². The van der Waals surface area contributed by atoms with E-state index >= 15 is 0 Å². The van der Waals surface area contributed by atoms with Crippen LogP contribution in [-0.4, -0.2) is 0 Å². The van der Waals surface area contributed by atoms with Crippen molar-refractivity contribution in [2.45, 2.75) is 40.5 Å². The Hall–Kier alpha value is -2.41. The third-order valence-corrected chi connectivity index (χ3v) is 4.86. The summed E-state index contributed by atoms with van der Waals surface area (Å²) in [6, 6.07) is 15.9. The highest BCUT2D eigenvalue weighted by molar-refractivity contribution is 5.75. The number of nitrogens with zero attached hydrogens (tertiary/aromatic N) is 1. The van der Waals surface area contributed by atoms with Gasteiger partial charge in [0.15, 0.2) is 6.20 Å². The maximum atomic E-state index is 8.02. The second-order valence-corrected chi connectivity index (χ2v) is 7.14. The first-order valence-corrected chi connectivity index (χ1v) is 8.80. The summed E-state index contributed by atoms with van der Waals surface area (Å²) < 4.78 is 26.2. The first-order chi connectivity index (χ1) is 13.1. The molecule has 25 heavy (non-hydrogen) atoms.